The van der Waals surface area contributed by atoms with Crippen molar-refractivity contribution in [1.82, 2.24) is 5.32 Å². The maximum Gasteiger partial charge on any atom is 0 e. The molecular weight excluding hydrogens is 352 g/mol. The molecule has 1 aliphatic rings. The van der Waals surface area contributed by atoms with Gasteiger partial charge >= 0.3 is 0 Å². The molecule has 0 amide bonds. The summed E-state index contributed by atoms with van der Waals surface area (Å²) >= 11 is 0. The molecule has 1 fully saturated rings. The van der Waals surface area contributed by atoms with Crippen LogP contribution in [0.2, 0.25) is 0 Å². The van der Waals surface area contributed by atoms with Gasteiger partial charge in [-0.15, -0.1) is 24.0 Å². The van der Waals surface area contributed by atoms with Crippen LogP contribution in [0.4, 0.5) is 0 Å². The molecule has 0 saturated carbocycles. The Morgan fingerprint density at radius 2 is 1.75 bits per heavy atom. The van der Waals surface area contributed by atoms with E-state index < -0.39 is 0 Å². The first kappa shape index (κ1) is 19.0. The Morgan fingerprint density at radius 1 is 1.17 bits per heavy atom. The summed E-state index contributed by atoms with van der Waals surface area (Å²) < 4.78 is 0. The molecule has 79 valence electrons. The monoisotopic (exact) mass is 374 g/mol. The average Bonchev–Trinajstić information content (AvgIpc) is 2.21. The van der Waals surface area contributed by atoms with E-state index >= 15 is 0 Å². The van der Waals surface area contributed by atoms with Gasteiger partial charge in [0.25, 0.3) is 0 Å². The van der Waals surface area contributed by atoms with Crippen molar-refractivity contribution in [2.75, 3.05) is 13.1 Å². The maximum absolute atomic E-state index is 3.40. The van der Waals surface area contributed by atoms with Crippen LogP contribution in [0.25, 0.3) is 0 Å². The second-order valence-corrected chi connectivity index (χ2v) is 2.81. The van der Waals surface area contributed by atoms with Gasteiger partial charge in [-0.2, -0.15) is 0 Å². The van der Waals surface area contributed by atoms with Gasteiger partial charge in [0, 0.05) is 19.5 Å². The summed E-state index contributed by atoms with van der Waals surface area (Å²) in [5.41, 5.74) is 0. The van der Waals surface area contributed by atoms with Crippen molar-refractivity contribution in [3.05, 3.63) is 0 Å². The summed E-state index contributed by atoms with van der Waals surface area (Å²) in [7, 11) is 0. The van der Waals surface area contributed by atoms with Gasteiger partial charge in [-0.05, 0) is 31.8 Å². The van der Waals surface area contributed by atoms with Crippen LogP contribution in [0.3, 0.4) is 0 Å². The van der Waals surface area contributed by atoms with E-state index in [4.69, 9.17) is 0 Å². The largest absolute Gasteiger partial charge is 0.316 e. The van der Waals surface area contributed by atoms with E-state index in [2.05, 4.69) is 12.2 Å². The van der Waals surface area contributed by atoms with Crippen molar-refractivity contribution in [2.45, 2.75) is 40.0 Å². The second-order valence-electron chi connectivity index (χ2n) is 2.81. The fraction of sp³-hybridized carbons (Fsp3) is 1.00. The summed E-state index contributed by atoms with van der Waals surface area (Å²) in [4.78, 5) is 0. The standard InChI is InChI=1S/C7H15N.C2H6.HI.Rh/c1-7-4-2-3-5-8-6-7;1-2;;/h7-8H,2-6H2,1H3;1-2H3;1H;. The van der Waals surface area contributed by atoms with E-state index in [0.717, 1.165) is 5.92 Å². The molecule has 0 bridgehead atoms. The Morgan fingerprint density at radius 3 is 2.33 bits per heavy atom. The molecule has 1 rings (SSSR count). The normalized spacial score (nSPS) is 21.8. The molecule has 1 atom stereocenters. The van der Waals surface area contributed by atoms with Crippen molar-refractivity contribution in [2.24, 2.45) is 5.92 Å². The Balaban J connectivity index is -0.000000189. The zero-order chi connectivity index (χ0) is 7.82. The molecule has 1 saturated heterocycles. The predicted octanol–water partition coefficient (Wildman–Crippen LogP) is 3.04. The van der Waals surface area contributed by atoms with Crippen LogP contribution in [-0.4, -0.2) is 13.1 Å². The number of rotatable bonds is 0. The minimum Gasteiger partial charge on any atom is -0.316 e. The molecule has 1 nitrogen and oxygen atoms in total. The van der Waals surface area contributed by atoms with Gasteiger partial charge in [0.2, 0.25) is 0 Å². The maximum atomic E-state index is 3.40. The zero-order valence-electron chi connectivity index (χ0n) is 8.35. The first-order valence-electron chi connectivity index (χ1n) is 4.60. The summed E-state index contributed by atoms with van der Waals surface area (Å²) in [6.45, 7) is 8.79. The van der Waals surface area contributed by atoms with Crippen LogP contribution < -0.4 is 5.32 Å². The van der Waals surface area contributed by atoms with E-state index in [9.17, 15) is 0 Å². The summed E-state index contributed by atoms with van der Waals surface area (Å²) in [5, 5.41) is 3.40. The Labute approximate surface area is 107 Å². The number of hydrogen-bond acceptors (Lipinski definition) is 1. The predicted molar refractivity (Wildman–Crippen MR) is 62.6 cm³/mol. The second kappa shape index (κ2) is 14.8. The number of hydrogen-bond donors (Lipinski definition) is 1. The van der Waals surface area contributed by atoms with Crippen LogP contribution >= 0.6 is 24.0 Å². The molecule has 12 heavy (non-hydrogen) atoms. The van der Waals surface area contributed by atoms with Gasteiger partial charge in [0.05, 0.1) is 0 Å². The summed E-state index contributed by atoms with van der Waals surface area (Å²) in [6.07, 6.45) is 4.23. The molecular formula is C9H22INRh. The van der Waals surface area contributed by atoms with Gasteiger partial charge in [-0.25, -0.2) is 0 Å². The molecule has 0 aromatic heterocycles. The average molecular weight is 374 g/mol. The first-order valence-corrected chi connectivity index (χ1v) is 4.60. The van der Waals surface area contributed by atoms with E-state index in [1.807, 2.05) is 13.8 Å². The molecule has 0 aliphatic carbocycles. The van der Waals surface area contributed by atoms with Crippen molar-refractivity contribution >= 4 is 24.0 Å². The van der Waals surface area contributed by atoms with E-state index in [-0.39, 0.29) is 43.5 Å². The Bertz CT molecular complexity index is 63.5. The third-order valence-electron chi connectivity index (χ3n) is 1.79. The smallest absolute Gasteiger partial charge is 0 e. The quantitative estimate of drug-likeness (QED) is 0.508. The molecule has 1 aliphatic heterocycles. The minimum atomic E-state index is 0. The van der Waals surface area contributed by atoms with Crippen LogP contribution in [0.15, 0.2) is 0 Å². The van der Waals surface area contributed by atoms with Crippen molar-refractivity contribution in [3.63, 3.8) is 0 Å². The molecule has 1 radical (unpaired) electrons. The zero-order valence-corrected chi connectivity index (χ0v) is 12.3. The third kappa shape index (κ3) is 11.3. The SMILES string of the molecule is CC.CC1CCCCNC1.I.[Rh]. The minimum absolute atomic E-state index is 0. The topological polar surface area (TPSA) is 12.0 Å². The van der Waals surface area contributed by atoms with Crippen molar-refractivity contribution in [1.29, 1.82) is 0 Å². The fourth-order valence-corrected chi connectivity index (χ4v) is 1.19. The first-order chi connectivity index (χ1) is 4.89. The molecule has 0 spiro atoms. The third-order valence-corrected chi connectivity index (χ3v) is 1.79. The van der Waals surface area contributed by atoms with E-state index in [0.29, 0.717) is 0 Å². The molecule has 1 N–H and O–H groups in total. The van der Waals surface area contributed by atoms with Crippen molar-refractivity contribution < 1.29 is 19.5 Å². The summed E-state index contributed by atoms with van der Waals surface area (Å²) in [6, 6.07) is 0. The Hall–Kier alpha value is 1.31. The van der Waals surface area contributed by atoms with E-state index in [1.54, 1.807) is 0 Å². The molecule has 3 heteroatoms. The van der Waals surface area contributed by atoms with Crippen molar-refractivity contribution in [3.8, 4) is 0 Å². The fourth-order valence-electron chi connectivity index (χ4n) is 1.19. The van der Waals surface area contributed by atoms with Crippen LogP contribution in [0.5, 0.6) is 0 Å². The number of halogens is 1. The van der Waals surface area contributed by atoms with Crippen LogP contribution in [0, 0.1) is 5.92 Å². The van der Waals surface area contributed by atoms with Gasteiger partial charge in [0.15, 0.2) is 0 Å². The van der Waals surface area contributed by atoms with Crippen LogP contribution in [-0.2, 0) is 19.5 Å². The van der Waals surface area contributed by atoms with Gasteiger partial charge < -0.3 is 5.32 Å². The molecule has 0 aromatic rings. The van der Waals surface area contributed by atoms with E-state index in [1.165, 1.54) is 32.4 Å². The van der Waals surface area contributed by atoms with Gasteiger partial charge in [-0.1, -0.05) is 27.2 Å². The van der Waals surface area contributed by atoms with Crippen LogP contribution in [0.1, 0.15) is 40.0 Å². The summed E-state index contributed by atoms with van der Waals surface area (Å²) in [5.74, 6) is 0.914. The molecule has 1 heterocycles. The number of nitrogens with one attached hydrogen (secondary N) is 1. The molecule has 1 unspecified atom stereocenters. The van der Waals surface area contributed by atoms with Gasteiger partial charge in [0.1, 0.15) is 0 Å². The van der Waals surface area contributed by atoms with Gasteiger partial charge in [-0.3, -0.25) is 0 Å². The Kier molecular flexibility index (Phi) is 23.4. The molecule has 0 aromatic carbocycles.